The minimum atomic E-state index is -0.0571. The van der Waals surface area contributed by atoms with Crippen molar-refractivity contribution in [3.05, 3.63) is 52.4 Å². The molecule has 0 spiro atoms. The molecule has 1 aromatic heterocycles. The summed E-state index contributed by atoms with van der Waals surface area (Å²) in [5.74, 6) is 1.09. The van der Waals surface area contributed by atoms with E-state index in [-0.39, 0.29) is 6.10 Å². The molecule has 1 N–H and O–H groups in total. The lowest BCUT2D eigenvalue weighted by Gasteiger charge is -2.23. The molecular formula is C15H15Cl2NO2. The molecule has 0 saturated carbocycles. The van der Waals surface area contributed by atoms with Gasteiger partial charge in [0.25, 0.3) is 0 Å². The fraction of sp³-hybridized carbons (Fsp3) is 0.333. The fourth-order valence-corrected chi connectivity index (χ4v) is 3.06. The van der Waals surface area contributed by atoms with Crippen molar-refractivity contribution < 1.29 is 9.15 Å². The molecule has 0 amide bonds. The summed E-state index contributed by atoms with van der Waals surface area (Å²) in [6.45, 7) is 1.95. The summed E-state index contributed by atoms with van der Waals surface area (Å²) in [6.07, 6.45) is 4.41. The maximum Gasteiger partial charge on any atom is 0.131 e. The van der Waals surface area contributed by atoms with Crippen molar-refractivity contribution >= 4 is 23.2 Å². The Morgan fingerprint density at radius 3 is 2.65 bits per heavy atom. The van der Waals surface area contributed by atoms with E-state index in [1.54, 1.807) is 30.7 Å². The highest BCUT2D eigenvalue weighted by Crippen LogP contribution is 2.34. The number of nitrogens with one attached hydrogen (secondary N) is 1. The second-order valence-electron chi connectivity index (χ2n) is 4.95. The van der Waals surface area contributed by atoms with Gasteiger partial charge in [0.15, 0.2) is 0 Å². The third-order valence-corrected chi connectivity index (χ3v) is 3.93. The first-order chi connectivity index (χ1) is 9.72. The highest BCUT2D eigenvalue weighted by molar-refractivity contribution is 6.34. The zero-order valence-corrected chi connectivity index (χ0v) is 12.3. The van der Waals surface area contributed by atoms with Gasteiger partial charge in [0, 0.05) is 28.1 Å². The number of rotatable bonds is 4. The van der Waals surface area contributed by atoms with Gasteiger partial charge in [-0.25, -0.2) is 0 Å². The van der Waals surface area contributed by atoms with Gasteiger partial charge in [-0.3, -0.25) is 0 Å². The van der Waals surface area contributed by atoms with Crippen LogP contribution in [0, 0.1) is 5.92 Å². The van der Waals surface area contributed by atoms with Gasteiger partial charge in [-0.05, 0) is 37.2 Å². The van der Waals surface area contributed by atoms with Gasteiger partial charge in [0.2, 0.25) is 0 Å². The second-order valence-corrected chi connectivity index (χ2v) is 5.83. The van der Waals surface area contributed by atoms with E-state index < -0.39 is 0 Å². The van der Waals surface area contributed by atoms with Crippen LogP contribution >= 0.6 is 23.2 Å². The van der Waals surface area contributed by atoms with Gasteiger partial charge in [-0.15, -0.1) is 0 Å². The van der Waals surface area contributed by atoms with E-state index in [9.17, 15) is 0 Å². The van der Waals surface area contributed by atoms with Crippen LogP contribution < -0.4 is 10.1 Å². The van der Waals surface area contributed by atoms with Crippen molar-refractivity contribution in [1.82, 2.24) is 5.32 Å². The highest BCUT2D eigenvalue weighted by atomic mass is 35.5. The molecule has 0 bridgehead atoms. The lowest BCUT2D eigenvalue weighted by atomic mass is 9.96. The molecule has 3 rings (SSSR count). The summed E-state index contributed by atoms with van der Waals surface area (Å²) < 4.78 is 11.3. The fourth-order valence-electron chi connectivity index (χ4n) is 2.55. The summed E-state index contributed by atoms with van der Waals surface area (Å²) in [6, 6.07) is 7.20. The molecule has 20 heavy (non-hydrogen) atoms. The van der Waals surface area contributed by atoms with Crippen LogP contribution in [0.1, 0.15) is 18.1 Å². The molecule has 106 valence electrons. The first-order valence-electron chi connectivity index (χ1n) is 6.58. The zero-order valence-electron chi connectivity index (χ0n) is 10.8. The summed E-state index contributed by atoms with van der Waals surface area (Å²) in [7, 11) is 0. The Labute approximate surface area is 127 Å². The highest BCUT2D eigenvalue weighted by Gasteiger charge is 2.29. The number of ether oxygens (including phenoxy) is 1. The Balaban J connectivity index is 1.85. The maximum absolute atomic E-state index is 6.14. The van der Waals surface area contributed by atoms with E-state index in [4.69, 9.17) is 32.4 Å². The van der Waals surface area contributed by atoms with Crippen LogP contribution in [0.3, 0.4) is 0 Å². The lowest BCUT2D eigenvalue weighted by molar-refractivity contribution is 0.144. The second kappa shape index (κ2) is 6.08. The van der Waals surface area contributed by atoms with Crippen LogP contribution in [0.2, 0.25) is 10.0 Å². The maximum atomic E-state index is 6.14. The number of furan rings is 1. The molecule has 0 unspecified atom stereocenters. The molecule has 1 aliphatic rings. The molecule has 2 aromatic rings. The van der Waals surface area contributed by atoms with E-state index >= 15 is 0 Å². The normalized spacial score (nSPS) is 20.0. The van der Waals surface area contributed by atoms with E-state index in [0.717, 1.165) is 25.1 Å². The predicted molar refractivity (Wildman–Crippen MR) is 79.5 cm³/mol. The number of hydrogen-bond donors (Lipinski definition) is 1. The minimum absolute atomic E-state index is 0.0571. The van der Waals surface area contributed by atoms with Crippen LogP contribution in [0.5, 0.6) is 5.75 Å². The third kappa shape index (κ3) is 3.11. The van der Waals surface area contributed by atoms with Gasteiger partial charge in [-0.2, -0.15) is 0 Å². The van der Waals surface area contributed by atoms with Crippen molar-refractivity contribution in [2.45, 2.75) is 12.5 Å². The summed E-state index contributed by atoms with van der Waals surface area (Å²) in [5, 5.41) is 4.50. The summed E-state index contributed by atoms with van der Waals surface area (Å²) >= 11 is 12.0. The summed E-state index contributed by atoms with van der Waals surface area (Å²) in [4.78, 5) is 0. The van der Waals surface area contributed by atoms with Gasteiger partial charge < -0.3 is 14.5 Å². The van der Waals surface area contributed by atoms with Crippen molar-refractivity contribution in [2.75, 3.05) is 13.1 Å². The minimum Gasteiger partial charge on any atom is -0.485 e. The Hall–Kier alpha value is -1.16. The quantitative estimate of drug-likeness (QED) is 0.913. The third-order valence-electron chi connectivity index (χ3n) is 3.50. The Morgan fingerprint density at radius 2 is 2.05 bits per heavy atom. The molecule has 3 nitrogen and oxygen atoms in total. The van der Waals surface area contributed by atoms with E-state index in [2.05, 4.69) is 5.32 Å². The van der Waals surface area contributed by atoms with Gasteiger partial charge in [0.05, 0.1) is 12.5 Å². The van der Waals surface area contributed by atoms with E-state index in [1.807, 2.05) is 6.07 Å². The van der Waals surface area contributed by atoms with Crippen LogP contribution in [0.15, 0.2) is 41.2 Å². The van der Waals surface area contributed by atoms with Crippen molar-refractivity contribution in [1.29, 1.82) is 0 Å². The first-order valence-corrected chi connectivity index (χ1v) is 7.33. The van der Waals surface area contributed by atoms with E-state index in [1.165, 1.54) is 0 Å². The molecule has 1 fully saturated rings. The van der Waals surface area contributed by atoms with E-state index in [0.29, 0.717) is 21.7 Å². The van der Waals surface area contributed by atoms with Crippen LogP contribution in [0.25, 0.3) is 0 Å². The summed E-state index contributed by atoms with van der Waals surface area (Å²) in [5.41, 5.74) is 1.04. The first kappa shape index (κ1) is 13.8. The lowest BCUT2D eigenvalue weighted by Crippen LogP contribution is -2.21. The molecule has 2 atom stereocenters. The molecule has 1 aliphatic heterocycles. The molecule has 2 heterocycles. The topological polar surface area (TPSA) is 34.4 Å². The molecular weight excluding hydrogens is 297 g/mol. The van der Waals surface area contributed by atoms with Crippen LogP contribution in [0.4, 0.5) is 0 Å². The van der Waals surface area contributed by atoms with Crippen LogP contribution in [-0.4, -0.2) is 13.1 Å². The number of hydrogen-bond acceptors (Lipinski definition) is 3. The monoisotopic (exact) mass is 311 g/mol. The largest absolute Gasteiger partial charge is 0.485 e. The SMILES string of the molecule is Clc1cc(Cl)cc(O[C@@H](c2ccoc2)[C@H]2CCNC2)c1. The number of halogens is 2. The predicted octanol–water partition coefficient (Wildman–Crippen LogP) is 4.32. The van der Waals surface area contributed by atoms with Crippen molar-refractivity contribution in [2.24, 2.45) is 5.92 Å². The van der Waals surface area contributed by atoms with Crippen molar-refractivity contribution in [3.8, 4) is 5.75 Å². The standard InChI is InChI=1S/C15H15Cl2NO2/c16-12-5-13(17)7-14(6-12)20-15(10-1-3-18-8-10)11-2-4-19-9-11/h2,4-7,9-10,15,18H,1,3,8H2/t10-,15+/m0/s1. The molecule has 1 aromatic carbocycles. The van der Waals surface area contributed by atoms with Crippen LogP contribution in [-0.2, 0) is 0 Å². The molecule has 0 aliphatic carbocycles. The van der Waals surface area contributed by atoms with Crippen molar-refractivity contribution in [3.63, 3.8) is 0 Å². The molecule has 5 heteroatoms. The van der Waals surface area contributed by atoms with Gasteiger partial charge >= 0.3 is 0 Å². The van der Waals surface area contributed by atoms with Gasteiger partial charge in [0.1, 0.15) is 11.9 Å². The molecule has 0 radical (unpaired) electrons. The smallest absolute Gasteiger partial charge is 0.131 e. The Bertz CT molecular complexity index is 545. The zero-order chi connectivity index (χ0) is 13.9. The Kier molecular flexibility index (Phi) is 4.20. The molecule has 1 saturated heterocycles. The average Bonchev–Trinajstić information content (AvgIpc) is 3.08. The number of benzene rings is 1. The Morgan fingerprint density at radius 1 is 1.25 bits per heavy atom. The average molecular weight is 312 g/mol. The van der Waals surface area contributed by atoms with Gasteiger partial charge in [-0.1, -0.05) is 23.2 Å².